The van der Waals surface area contributed by atoms with E-state index in [2.05, 4.69) is 38.2 Å². The van der Waals surface area contributed by atoms with Gasteiger partial charge >= 0.3 is 0 Å². The van der Waals surface area contributed by atoms with Gasteiger partial charge in [0.15, 0.2) is 0 Å². The summed E-state index contributed by atoms with van der Waals surface area (Å²) in [6.45, 7) is 6.45. The molecule has 120 valence electrons. The third-order valence-corrected chi connectivity index (χ3v) is 3.30. The zero-order chi connectivity index (χ0) is 16.9. The molecular weight excluding hydrogens is 286 g/mol. The molecule has 0 aromatic heterocycles. The molecule has 0 spiro atoms. The zero-order valence-corrected chi connectivity index (χ0v) is 14.1. The first-order chi connectivity index (χ1) is 10.9. The minimum atomic E-state index is -0.152. The molecular formula is C20H23NO2. The van der Waals surface area contributed by atoms with E-state index in [1.54, 1.807) is 7.11 Å². The lowest BCUT2D eigenvalue weighted by atomic mass is 9.95. The van der Waals surface area contributed by atoms with Gasteiger partial charge in [-0.25, -0.2) is 0 Å². The van der Waals surface area contributed by atoms with Gasteiger partial charge in [-0.15, -0.1) is 0 Å². The predicted octanol–water partition coefficient (Wildman–Crippen LogP) is 5.01. The highest BCUT2D eigenvalue weighted by atomic mass is 16.5. The first-order valence-electron chi connectivity index (χ1n) is 7.63. The second-order valence-corrected chi connectivity index (χ2v) is 6.48. The molecule has 0 aliphatic carbocycles. The Balaban J connectivity index is 2.10. The van der Waals surface area contributed by atoms with Gasteiger partial charge in [-0.3, -0.25) is 4.79 Å². The van der Waals surface area contributed by atoms with E-state index in [0.717, 1.165) is 5.56 Å². The average molecular weight is 309 g/mol. The first kappa shape index (κ1) is 16.8. The van der Waals surface area contributed by atoms with Crippen molar-refractivity contribution in [2.45, 2.75) is 20.8 Å². The molecule has 2 aromatic rings. The molecule has 1 amide bonds. The van der Waals surface area contributed by atoms with Crippen LogP contribution in [0.1, 0.15) is 36.7 Å². The average Bonchev–Trinajstić information content (AvgIpc) is 2.53. The molecule has 0 aliphatic heterocycles. The smallest absolute Gasteiger partial charge is 0.255 e. The van der Waals surface area contributed by atoms with Gasteiger partial charge in [-0.05, 0) is 35.2 Å². The van der Waals surface area contributed by atoms with E-state index in [1.807, 2.05) is 48.5 Å². The summed E-state index contributed by atoms with van der Waals surface area (Å²) in [5.41, 5.74) is 2.49. The number of carbonyl (C=O) groups excluding carboxylic acids is 1. The molecule has 0 fully saturated rings. The van der Waals surface area contributed by atoms with Crippen molar-refractivity contribution >= 4 is 17.7 Å². The Kier molecular flexibility index (Phi) is 5.22. The third-order valence-electron chi connectivity index (χ3n) is 3.30. The highest BCUT2D eigenvalue weighted by Gasteiger charge is 2.09. The molecule has 3 nitrogen and oxygen atoms in total. The number of hydrogen-bond donors (Lipinski definition) is 1. The van der Waals surface area contributed by atoms with Crippen LogP contribution in [0.2, 0.25) is 0 Å². The molecule has 0 saturated carbocycles. The molecule has 1 N–H and O–H groups in total. The highest BCUT2D eigenvalue weighted by molar-refractivity contribution is 6.05. The molecule has 0 atom stereocenters. The number of para-hydroxylation sites is 2. The molecule has 0 aliphatic rings. The fourth-order valence-corrected chi connectivity index (χ4v) is 2.03. The predicted molar refractivity (Wildman–Crippen MR) is 95.9 cm³/mol. The van der Waals surface area contributed by atoms with E-state index in [9.17, 15) is 4.79 Å². The summed E-state index contributed by atoms with van der Waals surface area (Å²) in [6.07, 6.45) is 4.22. The van der Waals surface area contributed by atoms with Crippen LogP contribution in [0.5, 0.6) is 5.75 Å². The Bertz CT molecular complexity index is 694. The van der Waals surface area contributed by atoms with E-state index in [-0.39, 0.29) is 11.3 Å². The second-order valence-electron chi connectivity index (χ2n) is 6.48. The number of carbonyl (C=O) groups is 1. The maximum atomic E-state index is 12.3. The van der Waals surface area contributed by atoms with Crippen molar-refractivity contribution in [1.29, 1.82) is 0 Å². The second kappa shape index (κ2) is 7.14. The van der Waals surface area contributed by atoms with Crippen LogP contribution in [-0.4, -0.2) is 13.0 Å². The van der Waals surface area contributed by atoms with Gasteiger partial charge in [0, 0.05) is 5.56 Å². The zero-order valence-electron chi connectivity index (χ0n) is 14.1. The SMILES string of the molecule is COc1ccccc1NC(=O)c1ccc(/C=C/C(C)(C)C)cc1. The standard InChI is InChI=1S/C20H23NO2/c1-20(2,3)14-13-15-9-11-16(12-10-15)19(22)21-17-7-5-6-8-18(17)23-4/h5-14H,1-4H3,(H,21,22)/b14-13+. The molecule has 0 bridgehead atoms. The van der Waals surface area contributed by atoms with Gasteiger partial charge < -0.3 is 10.1 Å². The summed E-state index contributed by atoms with van der Waals surface area (Å²) in [5.74, 6) is 0.492. The van der Waals surface area contributed by atoms with E-state index in [0.29, 0.717) is 17.0 Å². The van der Waals surface area contributed by atoms with Gasteiger partial charge in [-0.2, -0.15) is 0 Å². The van der Waals surface area contributed by atoms with Crippen LogP contribution in [0.4, 0.5) is 5.69 Å². The number of anilines is 1. The molecule has 23 heavy (non-hydrogen) atoms. The van der Waals surface area contributed by atoms with Crippen LogP contribution >= 0.6 is 0 Å². The Labute approximate surface area is 138 Å². The van der Waals surface area contributed by atoms with Gasteiger partial charge in [0.1, 0.15) is 5.75 Å². The number of rotatable bonds is 4. The van der Waals surface area contributed by atoms with Crippen molar-refractivity contribution in [2.75, 3.05) is 12.4 Å². The lowest BCUT2D eigenvalue weighted by Gasteiger charge is -2.11. The molecule has 0 radical (unpaired) electrons. The van der Waals surface area contributed by atoms with Crippen LogP contribution < -0.4 is 10.1 Å². The van der Waals surface area contributed by atoms with Crippen LogP contribution in [0.25, 0.3) is 6.08 Å². The van der Waals surface area contributed by atoms with E-state index < -0.39 is 0 Å². The van der Waals surface area contributed by atoms with Crippen LogP contribution in [0.15, 0.2) is 54.6 Å². The van der Waals surface area contributed by atoms with Crippen molar-refractivity contribution < 1.29 is 9.53 Å². The van der Waals surface area contributed by atoms with E-state index in [4.69, 9.17) is 4.74 Å². The van der Waals surface area contributed by atoms with Gasteiger partial charge in [0.05, 0.1) is 12.8 Å². The molecule has 2 aromatic carbocycles. The summed E-state index contributed by atoms with van der Waals surface area (Å²) in [6, 6.07) is 14.9. The largest absolute Gasteiger partial charge is 0.495 e. The van der Waals surface area contributed by atoms with Crippen molar-refractivity contribution in [3.63, 3.8) is 0 Å². The normalized spacial score (nSPS) is 11.5. The minimum Gasteiger partial charge on any atom is -0.495 e. The molecule has 2 rings (SSSR count). The van der Waals surface area contributed by atoms with Crippen LogP contribution in [-0.2, 0) is 0 Å². The molecule has 0 saturated heterocycles. The summed E-state index contributed by atoms with van der Waals surface area (Å²) < 4.78 is 5.24. The van der Waals surface area contributed by atoms with Crippen molar-refractivity contribution in [1.82, 2.24) is 0 Å². The van der Waals surface area contributed by atoms with Crippen molar-refractivity contribution in [3.8, 4) is 5.75 Å². The quantitative estimate of drug-likeness (QED) is 0.862. The number of allylic oxidation sites excluding steroid dienone is 1. The summed E-state index contributed by atoms with van der Waals surface area (Å²) >= 11 is 0. The number of amides is 1. The third kappa shape index (κ3) is 4.99. The number of benzene rings is 2. The maximum absolute atomic E-state index is 12.3. The van der Waals surface area contributed by atoms with Crippen LogP contribution in [0, 0.1) is 5.41 Å². The topological polar surface area (TPSA) is 38.3 Å². The fourth-order valence-electron chi connectivity index (χ4n) is 2.03. The van der Waals surface area contributed by atoms with Crippen LogP contribution in [0.3, 0.4) is 0 Å². The number of hydrogen-bond acceptors (Lipinski definition) is 2. The Morgan fingerprint density at radius 2 is 1.70 bits per heavy atom. The van der Waals surface area contributed by atoms with Gasteiger partial charge in [0.25, 0.3) is 5.91 Å². The number of nitrogens with one attached hydrogen (secondary N) is 1. The summed E-state index contributed by atoms with van der Waals surface area (Å²) in [7, 11) is 1.58. The first-order valence-corrected chi connectivity index (χ1v) is 7.63. The van der Waals surface area contributed by atoms with Crippen molar-refractivity contribution in [3.05, 3.63) is 65.7 Å². The minimum absolute atomic E-state index is 0.139. The van der Waals surface area contributed by atoms with Gasteiger partial charge in [0.2, 0.25) is 0 Å². The van der Waals surface area contributed by atoms with E-state index in [1.165, 1.54) is 0 Å². The Morgan fingerprint density at radius 1 is 1.04 bits per heavy atom. The highest BCUT2D eigenvalue weighted by Crippen LogP contribution is 2.24. The number of methoxy groups -OCH3 is 1. The molecule has 0 unspecified atom stereocenters. The summed E-state index contributed by atoms with van der Waals surface area (Å²) in [4.78, 5) is 12.3. The van der Waals surface area contributed by atoms with Crippen molar-refractivity contribution in [2.24, 2.45) is 5.41 Å². The lowest BCUT2D eigenvalue weighted by molar-refractivity contribution is 0.102. The van der Waals surface area contributed by atoms with E-state index >= 15 is 0 Å². The lowest BCUT2D eigenvalue weighted by Crippen LogP contribution is -2.12. The molecule has 0 heterocycles. The summed E-state index contributed by atoms with van der Waals surface area (Å²) in [5, 5.41) is 2.87. The monoisotopic (exact) mass is 309 g/mol. The molecule has 3 heteroatoms. The maximum Gasteiger partial charge on any atom is 0.255 e. The van der Waals surface area contributed by atoms with Gasteiger partial charge in [-0.1, -0.05) is 57.2 Å². The Morgan fingerprint density at radius 3 is 2.30 bits per heavy atom. The fraction of sp³-hybridized carbons (Fsp3) is 0.250. The Hall–Kier alpha value is -2.55. The number of ether oxygens (including phenoxy) is 1.